The lowest BCUT2D eigenvalue weighted by molar-refractivity contribution is 1.10. The first-order chi connectivity index (χ1) is 16.1. The number of thioether (sulfide) groups is 3. The van der Waals surface area contributed by atoms with Gasteiger partial charge >= 0.3 is 0 Å². The molecule has 0 aliphatic rings. The summed E-state index contributed by atoms with van der Waals surface area (Å²) in [5.74, 6) is 2.88. The highest BCUT2D eigenvalue weighted by Crippen LogP contribution is 2.37. The standard InChI is InChI=1S/C27H27N3S3/c1-19-25(16-31-22-4-10-28-11-5-22)20(2)27(18-33-24-8-14-30-15-9-24)21(3)26(19)17-32-23-6-12-29-13-7-23/h4-15H,16-18H2,1-3H3. The van der Waals surface area contributed by atoms with Crippen molar-refractivity contribution in [3.8, 4) is 0 Å². The van der Waals surface area contributed by atoms with Gasteiger partial charge in [-0.3, -0.25) is 15.0 Å². The number of hydrogen-bond donors (Lipinski definition) is 0. The van der Waals surface area contributed by atoms with Crippen LogP contribution < -0.4 is 0 Å². The highest BCUT2D eigenvalue weighted by molar-refractivity contribution is 7.99. The minimum atomic E-state index is 0.960. The van der Waals surface area contributed by atoms with Crippen LogP contribution in [-0.2, 0) is 17.3 Å². The minimum absolute atomic E-state index is 0.960. The lowest BCUT2D eigenvalue weighted by atomic mass is 9.90. The van der Waals surface area contributed by atoms with E-state index in [4.69, 9.17) is 0 Å². The van der Waals surface area contributed by atoms with Crippen LogP contribution in [0.5, 0.6) is 0 Å². The third-order valence-corrected chi connectivity index (χ3v) is 8.93. The first kappa shape index (κ1) is 23.9. The van der Waals surface area contributed by atoms with Crippen LogP contribution >= 0.6 is 35.3 Å². The smallest absolute Gasteiger partial charge is 0.0278 e. The van der Waals surface area contributed by atoms with E-state index in [1.807, 2.05) is 72.5 Å². The third kappa shape index (κ3) is 6.19. The molecular weight excluding hydrogens is 463 g/mol. The second-order valence-corrected chi connectivity index (χ2v) is 10.9. The predicted molar refractivity (Wildman–Crippen MR) is 142 cm³/mol. The Morgan fingerprint density at radius 2 is 0.697 bits per heavy atom. The summed E-state index contributed by atoms with van der Waals surface area (Å²) in [4.78, 5) is 16.2. The average Bonchev–Trinajstić information content (AvgIpc) is 2.86. The molecule has 0 aliphatic carbocycles. The lowest BCUT2D eigenvalue weighted by Crippen LogP contribution is -2.06. The van der Waals surface area contributed by atoms with Crippen molar-refractivity contribution in [2.75, 3.05) is 0 Å². The van der Waals surface area contributed by atoms with Gasteiger partial charge in [-0.25, -0.2) is 0 Å². The zero-order valence-electron chi connectivity index (χ0n) is 19.1. The number of hydrogen-bond acceptors (Lipinski definition) is 6. The molecule has 168 valence electrons. The van der Waals surface area contributed by atoms with Crippen molar-refractivity contribution in [3.05, 3.63) is 107 Å². The van der Waals surface area contributed by atoms with Crippen LogP contribution in [0.2, 0.25) is 0 Å². The van der Waals surface area contributed by atoms with Crippen LogP contribution in [0.4, 0.5) is 0 Å². The summed E-state index contributed by atoms with van der Waals surface area (Å²) in [5, 5.41) is 0. The third-order valence-electron chi connectivity index (χ3n) is 5.81. The van der Waals surface area contributed by atoms with Crippen molar-refractivity contribution < 1.29 is 0 Å². The van der Waals surface area contributed by atoms with Crippen molar-refractivity contribution in [2.24, 2.45) is 0 Å². The first-order valence-corrected chi connectivity index (χ1v) is 13.8. The summed E-state index contributed by atoms with van der Waals surface area (Å²) in [6, 6.07) is 12.5. The van der Waals surface area contributed by atoms with Gasteiger partial charge in [0.05, 0.1) is 0 Å². The Hall–Kier alpha value is -2.28. The van der Waals surface area contributed by atoms with E-state index in [9.17, 15) is 0 Å². The molecule has 4 rings (SSSR count). The highest BCUT2D eigenvalue weighted by Gasteiger charge is 2.18. The Labute approximate surface area is 209 Å². The molecule has 0 spiro atoms. The molecule has 3 aromatic heterocycles. The topological polar surface area (TPSA) is 38.7 Å². The molecule has 4 aromatic rings. The van der Waals surface area contributed by atoms with Gasteiger partial charge in [0.25, 0.3) is 0 Å². The van der Waals surface area contributed by atoms with Crippen LogP contribution in [0.15, 0.2) is 88.3 Å². The van der Waals surface area contributed by atoms with Gasteiger partial charge in [0, 0.05) is 69.1 Å². The van der Waals surface area contributed by atoms with E-state index in [1.165, 1.54) is 48.1 Å². The quantitative estimate of drug-likeness (QED) is 0.225. The van der Waals surface area contributed by atoms with Gasteiger partial charge in [-0.05, 0) is 90.6 Å². The largest absolute Gasteiger partial charge is 0.265 e. The normalized spacial score (nSPS) is 11.0. The summed E-state index contributed by atoms with van der Waals surface area (Å²) in [6.07, 6.45) is 11.2. The van der Waals surface area contributed by atoms with Gasteiger partial charge in [-0.2, -0.15) is 0 Å². The molecule has 0 bridgehead atoms. The second-order valence-electron chi connectivity index (χ2n) is 7.73. The molecule has 0 amide bonds. The SMILES string of the molecule is Cc1c(CSc2ccncc2)c(C)c(CSc2ccncc2)c(C)c1CSc1ccncc1. The zero-order valence-corrected chi connectivity index (χ0v) is 21.6. The van der Waals surface area contributed by atoms with Gasteiger partial charge in [0.1, 0.15) is 0 Å². The molecule has 1 aromatic carbocycles. The van der Waals surface area contributed by atoms with E-state index in [0.717, 1.165) is 17.3 Å². The molecule has 0 fully saturated rings. The fraction of sp³-hybridized carbons (Fsp3) is 0.222. The molecule has 6 heteroatoms. The monoisotopic (exact) mass is 489 g/mol. The summed E-state index contributed by atoms with van der Waals surface area (Å²) >= 11 is 5.65. The van der Waals surface area contributed by atoms with E-state index in [1.54, 1.807) is 0 Å². The molecular formula is C27H27N3S3. The van der Waals surface area contributed by atoms with Crippen molar-refractivity contribution in [2.45, 2.75) is 52.7 Å². The number of benzene rings is 1. The molecule has 33 heavy (non-hydrogen) atoms. The van der Waals surface area contributed by atoms with Crippen molar-refractivity contribution in [1.82, 2.24) is 15.0 Å². The first-order valence-electron chi connectivity index (χ1n) is 10.8. The maximum Gasteiger partial charge on any atom is 0.0278 e. The minimum Gasteiger partial charge on any atom is -0.265 e. The van der Waals surface area contributed by atoms with Gasteiger partial charge in [-0.15, -0.1) is 35.3 Å². The van der Waals surface area contributed by atoms with Crippen molar-refractivity contribution in [1.29, 1.82) is 0 Å². The van der Waals surface area contributed by atoms with Gasteiger partial charge in [0.15, 0.2) is 0 Å². The van der Waals surface area contributed by atoms with Gasteiger partial charge < -0.3 is 0 Å². The Morgan fingerprint density at radius 3 is 0.939 bits per heavy atom. The number of nitrogens with zero attached hydrogens (tertiary/aromatic N) is 3. The summed E-state index contributed by atoms with van der Waals surface area (Å²) in [6.45, 7) is 6.89. The Kier molecular flexibility index (Phi) is 8.48. The van der Waals surface area contributed by atoms with E-state index in [-0.39, 0.29) is 0 Å². The zero-order chi connectivity index (χ0) is 23.0. The molecule has 3 nitrogen and oxygen atoms in total. The van der Waals surface area contributed by atoms with E-state index in [0.29, 0.717) is 0 Å². The van der Waals surface area contributed by atoms with Crippen LogP contribution in [0.25, 0.3) is 0 Å². The summed E-state index contributed by atoms with van der Waals surface area (Å²) in [7, 11) is 0. The van der Waals surface area contributed by atoms with Crippen molar-refractivity contribution >= 4 is 35.3 Å². The fourth-order valence-electron chi connectivity index (χ4n) is 3.81. The maximum absolute atomic E-state index is 4.15. The van der Waals surface area contributed by atoms with Gasteiger partial charge in [0.2, 0.25) is 0 Å². The Bertz CT molecular complexity index is 1010. The van der Waals surface area contributed by atoms with Crippen LogP contribution in [0, 0.1) is 20.8 Å². The molecule has 0 radical (unpaired) electrons. The fourth-order valence-corrected chi connectivity index (χ4v) is 6.98. The van der Waals surface area contributed by atoms with E-state index >= 15 is 0 Å². The molecule has 0 saturated carbocycles. The lowest BCUT2D eigenvalue weighted by Gasteiger charge is -2.22. The molecule has 0 N–H and O–H groups in total. The summed E-state index contributed by atoms with van der Waals surface area (Å²) in [5.41, 5.74) is 8.64. The summed E-state index contributed by atoms with van der Waals surface area (Å²) < 4.78 is 0. The second kappa shape index (κ2) is 11.7. The maximum atomic E-state index is 4.15. The molecule has 0 saturated heterocycles. The molecule has 0 aliphatic heterocycles. The van der Waals surface area contributed by atoms with Crippen LogP contribution in [-0.4, -0.2) is 15.0 Å². The van der Waals surface area contributed by atoms with E-state index in [2.05, 4.69) is 72.1 Å². The van der Waals surface area contributed by atoms with E-state index < -0.39 is 0 Å². The van der Waals surface area contributed by atoms with Gasteiger partial charge in [-0.1, -0.05) is 0 Å². The highest BCUT2D eigenvalue weighted by atomic mass is 32.2. The Morgan fingerprint density at radius 1 is 0.455 bits per heavy atom. The van der Waals surface area contributed by atoms with Crippen molar-refractivity contribution in [3.63, 3.8) is 0 Å². The number of aromatic nitrogens is 3. The predicted octanol–water partition coefficient (Wildman–Crippen LogP) is 7.67. The average molecular weight is 490 g/mol. The molecule has 0 unspecified atom stereocenters. The molecule has 0 atom stereocenters. The molecule has 3 heterocycles. The van der Waals surface area contributed by atoms with Crippen LogP contribution in [0.1, 0.15) is 33.4 Å². The van der Waals surface area contributed by atoms with Crippen LogP contribution in [0.3, 0.4) is 0 Å². The Balaban J connectivity index is 1.65. The number of pyridine rings is 3. The number of rotatable bonds is 9.